The van der Waals surface area contributed by atoms with E-state index in [1.54, 1.807) is 43.5 Å². The Balaban J connectivity index is 1.81. The van der Waals surface area contributed by atoms with E-state index in [2.05, 4.69) is 5.32 Å². The van der Waals surface area contributed by atoms with Gasteiger partial charge in [-0.05, 0) is 55.8 Å². The Kier molecular flexibility index (Phi) is 7.53. The largest absolute Gasteiger partial charge is 0.497 e. The maximum atomic E-state index is 12.0. The summed E-state index contributed by atoms with van der Waals surface area (Å²) in [5.41, 5.74) is 2.24. The van der Waals surface area contributed by atoms with Crippen molar-refractivity contribution in [3.63, 3.8) is 0 Å². The molecule has 2 rings (SSSR count). The van der Waals surface area contributed by atoms with E-state index < -0.39 is 0 Å². The molecular formula is C20H23NO4S. The molecule has 2 aromatic carbocycles. The molecule has 0 aliphatic carbocycles. The molecule has 6 heteroatoms. The lowest BCUT2D eigenvalue weighted by Gasteiger charge is -2.09. The molecular weight excluding hydrogens is 350 g/mol. The van der Waals surface area contributed by atoms with Crippen LogP contribution in [0.25, 0.3) is 0 Å². The number of anilines is 1. The molecule has 0 aromatic heterocycles. The molecule has 0 saturated heterocycles. The summed E-state index contributed by atoms with van der Waals surface area (Å²) in [6, 6.07) is 14.5. The average molecular weight is 373 g/mol. The maximum Gasteiger partial charge on any atom is 0.338 e. The monoisotopic (exact) mass is 373 g/mol. The maximum absolute atomic E-state index is 12.0. The highest BCUT2D eigenvalue weighted by Crippen LogP contribution is 2.17. The number of esters is 1. The predicted molar refractivity (Wildman–Crippen MR) is 105 cm³/mol. The summed E-state index contributed by atoms with van der Waals surface area (Å²) in [7, 11) is 1.60. The van der Waals surface area contributed by atoms with Gasteiger partial charge in [-0.3, -0.25) is 4.79 Å². The van der Waals surface area contributed by atoms with Crippen molar-refractivity contribution in [2.75, 3.05) is 18.2 Å². The van der Waals surface area contributed by atoms with Crippen LogP contribution in [-0.4, -0.2) is 30.8 Å². The minimum Gasteiger partial charge on any atom is -0.497 e. The van der Waals surface area contributed by atoms with Gasteiger partial charge in [0, 0.05) is 11.4 Å². The molecule has 1 N–H and O–H groups in total. The van der Waals surface area contributed by atoms with Gasteiger partial charge in [0.25, 0.3) is 0 Å². The van der Waals surface area contributed by atoms with Crippen LogP contribution in [0.4, 0.5) is 5.69 Å². The molecule has 1 amide bonds. The molecule has 0 spiro atoms. The van der Waals surface area contributed by atoms with Gasteiger partial charge in [0.2, 0.25) is 5.91 Å². The standard InChI is InChI=1S/C20H23NO4S/c1-14(2)25-20(23)16-6-4-5-15(11-16)12-26-13-19(22)21-17-7-9-18(24-3)10-8-17/h4-11,14H,12-13H2,1-3H3,(H,21,22). The topological polar surface area (TPSA) is 64.6 Å². The van der Waals surface area contributed by atoms with Gasteiger partial charge in [-0.15, -0.1) is 11.8 Å². The number of methoxy groups -OCH3 is 1. The quantitative estimate of drug-likeness (QED) is 0.705. The van der Waals surface area contributed by atoms with Crippen molar-refractivity contribution in [3.8, 4) is 5.75 Å². The highest BCUT2D eigenvalue weighted by molar-refractivity contribution is 7.99. The molecule has 0 aliphatic rings. The van der Waals surface area contributed by atoms with Crippen LogP contribution in [0.2, 0.25) is 0 Å². The zero-order valence-electron chi connectivity index (χ0n) is 15.2. The van der Waals surface area contributed by atoms with Crippen molar-refractivity contribution in [1.82, 2.24) is 0 Å². The fourth-order valence-corrected chi connectivity index (χ4v) is 2.98. The number of nitrogens with one attached hydrogen (secondary N) is 1. The summed E-state index contributed by atoms with van der Waals surface area (Å²) in [5, 5.41) is 2.84. The van der Waals surface area contributed by atoms with Gasteiger partial charge >= 0.3 is 5.97 Å². The van der Waals surface area contributed by atoms with Gasteiger partial charge in [-0.1, -0.05) is 12.1 Å². The van der Waals surface area contributed by atoms with Crippen LogP contribution in [0, 0.1) is 0 Å². The summed E-state index contributed by atoms with van der Waals surface area (Å²) in [6.07, 6.45) is -0.151. The molecule has 0 saturated carbocycles. The first-order valence-electron chi connectivity index (χ1n) is 8.29. The summed E-state index contributed by atoms with van der Waals surface area (Å²) >= 11 is 1.49. The van der Waals surface area contributed by atoms with Crippen LogP contribution in [0.5, 0.6) is 5.75 Å². The number of hydrogen-bond donors (Lipinski definition) is 1. The Hall–Kier alpha value is -2.47. The number of benzene rings is 2. The van der Waals surface area contributed by atoms with E-state index in [0.29, 0.717) is 17.1 Å². The fourth-order valence-electron chi connectivity index (χ4n) is 2.20. The van der Waals surface area contributed by atoms with Crippen molar-refractivity contribution < 1.29 is 19.1 Å². The lowest BCUT2D eigenvalue weighted by atomic mass is 10.1. The van der Waals surface area contributed by atoms with Crippen LogP contribution >= 0.6 is 11.8 Å². The fraction of sp³-hybridized carbons (Fsp3) is 0.300. The van der Waals surface area contributed by atoms with Crippen LogP contribution in [-0.2, 0) is 15.3 Å². The molecule has 0 aliphatic heterocycles. The van der Waals surface area contributed by atoms with Crippen molar-refractivity contribution in [2.24, 2.45) is 0 Å². The number of carbonyl (C=O) groups is 2. The van der Waals surface area contributed by atoms with E-state index >= 15 is 0 Å². The highest BCUT2D eigenvalue weighted by Gasteiger charge is 2.10. The van der Waals surface area contributed by atoms with E-state index in [4.69, 9.17) is 9.47 Å². The molecule has 2 aromatic rings. The SMILES string of the molecule is COc1ccc(NC(=O)CSCc2cccc(C(=O)OC(C)C)c2)cc1. The van der Waals surface area contributed by atoms with E-state index in [1.165, 1.54) is 11.8 Å². The Morgan fingerprint density at radius 1 is 1.12 bits per heavy atom. The van der Waals surface area contributed by atoms with Crippen molar-refractivity contribution in [2.45, 2.75) is 25.7 Å². The second-order valence-corrected chi connectivity index (χ2v) is 6.91. The van der Waals surface area contributed by atoms with Gasteiger partial charge in [0.1, 0.15) is 5.75 Å². The predicted octanol–water partition coefficient (Wildman–Crippen LogP) is 4.13. The van der Waals surface area contributed by atoms with Gasteiger partial charge in [0.05, 0.1) is 24.5 Å². The van der Waals surface area contributed by atoms with E-state index in [9.17, 15) is 9.59 Å². The van der Waals surface area contributed by atoms with E-state index in [0.717, 1.165) is 17.0 Å². The number of carbonyl (C=O) groups excluding carboxylic acids is 2. The smallest absolute Gasteiger partial charge is 0.338 e. The van der Waals surface area contributed by atoms with Gasteiger partial charge in [-0.2, -0.15) is 0 Å². The molecule has 5 nitrogen and oxygen atoms in total. The third-order valence-corrected chi connectivity index (χ3v) is 4.38. The zero-order chi connectivity index (χ0) is 18.9. The Morgan fingerprint density at radius 2 is 1.85 bits per heavy atom. The Bertz CT molecular complexity index is 744. The first kappa shape index (κ1) is 19.8. The lowest BCUT2D eigenvalue weighted by molar-refractivity contribution is -0.113. The molecule has 26 heavy (non-hydrogen) atoms. The molecule has 138 valence electrons. The number of ether oxygens (including phenoxy) is 2. The van der Waals surface area contributed by atoms with Crippen LogP contribution < -0.4 is 10.1 Å². The lowest BCUT2D eigenvalue weighted by Crippen LogP contribution is -2.14. The van der Waals surface area contributed by atoms with Crippen LogP contribution in [0.3, 0.4) is 0 Å². The van der Waals surface area contributed by atoms with Gasteiger partial charge in [-0.25, -0.2) is 4.79 Å². The van der Waals surface area contributed by atoms with E-state index in [1.807, 2.05) is 26.0 Å². The third kappa shape index (κ3) is 6.44. The first-order valence-corrected chi connectivity index (χ1v) is 9.45. The minimum absolute atomic E-state index is 0.0736. The molecule has 0 bridgehead atoms. The van der Waals surface area contributed by atoms with E-state index in [-0.39, 0.29) is 18.0 Å². The highest BCUT2D eigenvalue weighted by atomic mass is 32.2. The molecule has 0 fully saturated rings. The molecule has 0 atom stereocenters. The van der Waals surface area contributed by atoms with Crippen LogP contribution in [0.15, 0.2) is 48.5 Å². The molecule has 0 unspecified atom stereocenters. The second-order valence-electron chi connectivity index (χ2n) is 5.92. The number of rotatable bonds is 8. The second kappa shape index (κ2) is 9.87. The Morgan fingerprint density at radius 3 is 2.50 bits per heavy atom. The number of thioether (sulfide) groups is 1. The number of amides is 1. The van der Waals surface area contributed by atoms with Crippen molar-refractivity contribution >= 4 is 29.3 Å². The average Bonchev–Trinajstić information content (AvgIpc) is 2.62. The number of hydrogen-bond acceptors (Lipinski definition) is 5. The normalized spacial score (nSPS) is 10.5. The molecule has 0 heterocycles. The van der Waals surface area contributed by atoms with Gasteiger partial charge < -0.3 is 14.8 Å². The summed E-state index contributed by atoms with van der Waals surface area (Å²) in [5.74, 6) is 1.30. The summed E-state index contributed by atoms with van der Waals surface area (Å²) in [6.45, 7) is 3.64. The third-order valence-electron chi connectivity index (χ3n) is 3.38. The summed E-state index contributed by atoms with van der Waals surface area (Å²) < 4.78 is 10.3. The zero-order valence-corrected chi connectivity index (χ0v) is 16.0. The van der Waals surface area contributed by atoms with Gasteiger partial charge in [0.15, 0.2) is 0 Å². The van der Waals surface area contributed by atoms with Crippen molar-refractivity contribution in [1.29, 1.82) is 0 Å². The Labute approximate surface area is 158 Å². The van der Waals surface area contributed by atoms with Crippen molar-refractivity contribution in [3.05, 3.63) is 59.7 Å². The minimum atomic E-state index is -0.330. The summed E-state index contributed by atoms with van der Waals surface area (Å²) in [4.78, 5) is 24.0. The van der Waals surface area contributed by atoms with Crippen LogP contribution in [0.1, 0.15) is 29.8 Å². The molecule has 0 radical (unpaired) electrons. The first-order chi connectivity index (χ1) is 12.5.